The number of nitrogens with one attached hydrogen (secondary N) is 1. The Bertz CT molecular complexity index is 1720. The van der Waals surface area contributed by atoms with Crippen molar-refractivity contribution in [2.45, 2.75) is 64.1 Å². The summed E-state index contributed by atoms with van der Waals surface area (Å²) in [5.74, 6) is -0.854. The molecule has 0 aliphatic carbocycles. The van der Waals surface area contributed by atoms with E-state index in [0.717, 1.165) is 15.4 Å². The highest BCUT2D eigenvalue weighted by molar-refractivity contribution is 7.92. The van der Waals surface area contributed by atoms with E-state index in [2.05, 4.69) is 5.32 Å². The Balaban J connectivity index is 1.83. The summed E-state index contributed by atoms with van der Waals surface area (Å²) in [7, 11) is -4.17. The molecular formula is C36H40ClN3O4S. The Morgan fingerprint density at radius 3 is 2.11 bits per heavy atom. The third-order valence-electron chi connectivity index (χ3n) is 7.80. The topological polar surface area (TPSA) is 86.8 Å². The summed E-state index contributed by atoms with van der Waals surface area (Å²) < 4.78 is 29.5. The van der Waals surface area contributed by atoms with Crippen molar-refractivity contribution >= 4 is 39.1 Å². The molecule has 1 N–H and O–H groups in total. The molecule has 0 bridgehead atoms. The molecule has 4 aromatic carbocycles. The van der Waals surface area contributed by atoms with Gasteiger partial charge in [0.05, 0.1) is 10.6 Å². The molecule has 9 heteroatoms. The quantitative estimate of drug-likeness (QED) is 0.175. The molecular weight excluding hydrogens is 606 g/mol. The second kappa shape index (κ2) is 15.2. The van der Waals surface area contributed by atoms with Crippen LogP contribution in [0.25, 0.3) is 0 Å². The van der Waals surface area contributed by atoms with Crippen LogP contribution in [0.2, 0.25) is 5.02 Å². The molecule has 0 fully saturated rings. The molecule has 0 radical (unpaired) electrons. The van der Waals surface area contributed by atoms with Crippen LogP contribution in [-0.2, 0) is 32.6 Å². The fourth-order valence-electron chi connectivity index (χ4n) is 5.12. The lowest BCUT2D eigenvalue weighted by Gasteiger charge is -2.34. The van der Waals surface area contributed by atoms with E-state index in [1.807, 2.05) is 76.2 Å². The standard InChI is InChI=1S/C36H40ClN3O4S/c1-5-28(4)38-36(42)34(23-29-14-8-6-9-15-29)39(24-30-16-12-13-19-32(30)37)35(41)25-40(33-21-20-26(2)22-27(33)3)45(43,44)31-17-10-7-11-18-31/h6-22,28,34H,5,23-25H2,1-4H3,(H,38,42)/t28-,34-/m0/s1. The fourth-order valence-corrected chi connectivity index (χ4v) is 6.82. The molecule has 7 nitrogen and oxygen atoms in total. The smallest absolute Gasteiger partial charge is 0.264 e. The fraction of sp³-hybridized carbons (Fsp3) is 0.278. The van der Waals surface area contributed by atoms with Crippen molar-refractivity contribution in [2.75, 3.05) is 10.8 Å². The lowest BCUT2D eigenvalue weighted by atomic mass is 10.0. The molecule has 2 atom stereocenters. The second-order valence-corrected chi connectivity index (χ2v) is 13.5. The number of sulfonamides is 1. The minimum Gasteiger partial charge on any atom is -0.352 e. The molecule has 0 spiro atoms. The average molecular weight is 646 g/mol. The molecule has 0 saturated carbocycles. The molecule has 0 aliphatic heterocycles. The van der Waals surface area contributed by atoms with Crippen LogP contribution in [0.1, 0.15) is 42.5 Å². The van der Waals surface area contributed by atoms with Crippen molar-refractivity contribution < 1.29 is 18.0 Å². The molecule has 4 aromatic rings. The number of aryl methyl sites for hydroxylation is 2. The summed E-state index contributed by atoms with van der Waals surface area (Å²) in [4.78, 5) is 30.0. The third kappa shape index (κ3) is 8.53. The van der Waals surface area contributed by atoms with Gasteiger partial charge in [-0.3, -0.25) is 13.9 Å². The summed E-state index contributed by atoms with van der Waals surface area (Å²) in [6.45, 7) is 7.11. The SMILES string of the molecule is CC[C@H](C)NC(=O)[C@H](Cc1ccccc1)N(Cc1ccccc1Cl)C(=O)CN(c1ccc(C)cc1C)S(=O)(=O)c1ccccc1. The predicted octanol–water partition coefficient (Wildman–Crippen LogP) is 6.71. The van der Waals surface area contributed by atoms with Gasteiger partial charge in [-0.2, -0.15) is 0 Å². The predicted molar refractivity (Wildman–Crippen MR) is 181 cm³/mol. The number of halogens is 1. The van der Waals surface area contributed by atoms with Gasteiger partial charge in [0.2, 0.25) is 11.8 Å². The lowest BCUT2D eigenvalue weighted by molar-refractivity contribution is -0.140. The van der Waals surface area contributed by atoms with Gasteiger partial charge in [-0.05, 0) is 68.1 Å². The molecule has 0 unspecified atom stereocenters. The first-order valence-corrected chi connectivity index (χ1v) is 16.8. The molecule has 0 heterocycles. The van der Waals surface area contributed by atoms with Crippen LogP contribution in [0.3, 0.4) is 0 Å². The molecule has 236 valence electrons. The van der Waals surface area contributed by atoms with Crippen molar-refractivity contribution in [1.82, 2.24) is 10.2 Å². The van der Waals surface area contributed by atoms with Gasteiger partial charge < -0.3 is 10.2 Å². The molecule has 0 aliphatic rings. The van der Waals surface area contributed by atoms with E-state index in [1.54, 1.807) is 42.5 Å². The Hall–Kier alpha value is -4.14. The highest BCUT2D eigenvalue weighted by Gasteiger charge is 2.35. The Morgan fingerprint density at radius 1 is 0.867 bits per heavy atom. The van der Waals surface area contributed by atoms with Gasteiger partial charge in [0.25, 0.3) is 10.0 Å². The van der Waals surface area contributed by atoms with E-state index in [9.17, 15) is 18.0 Å². The molecule has 4 rings (SSSR count). The summed E-state index contributed by atoms with van der Waals surface area (Å²) >= 11 is 6.57. The van der Waals surface area contributed by atoms with Crippen LogP contribution in [0.4, 0.5) is 5.69 Å². The van der Waals surface area contributed by atoms with E-state index in [1.165, 1.54) is 17.0 Å². The van der Waals surface area contributed by atoms with Gasteiger partial charge in [-0.15, -0.1) is 0 Å². The Morgan fingerprint density at radius 2 is 1.49 bits per heavy atom. The largest absolute Gasteiger partial charge is 0.352 e. The molecule has 45 heavy (non-hydrogen) atoms. The Kier molecular flexibility index (Phi) is 11.4. The average Bonchev–Trinajstić information content (AvgIpc) is 3.03. The zero-order valence-electron chi connectivity index (χ0n) is 26.1. The van der Waals surface area contributed by atoms with Crippen LogP contribution in [0.15, 0.2) is 108 Å². The van der Waals surface area contributed by atoms with E-state index < -0.39 is 28.5 Å². The van der Waals surface area contributed by atoms with E-state index in [0.29, 0.717) is 28.3 Å². The summed E-state index contributed by atoms with van der Waals surface area (Å²) in [5.41, 5.74) is 3.56. The second-order valence-electron chi connectivity index (χ2n) is 11.3. The number of rotatable bonds is 13. The first-order valence-electron chi connectivity index (χ1n) is 15.0. The van der Waals surface area contributed by atoms with Gasteiger partial charge >= 0.3 is 0 Å². The minimum atomic E-state index is -4.17. The van der Waals surface area contributed by atoms with Crippen molar-refractivity contribution in [3.05, 3.63) is 130 Å². The molecule has 0 aromatic heterocycles. The number of carbonyl (C=O) groups excluding carboxylic acids is 2. The number of benzene rings is 4. The van der Waals surface area contributed by atoms with Gasteiger partial charge in [0, 0.05) is 24.0 Å². The van der Waals surface area contributed by atoms with E-state index in [-0.39, 0.29) is 29.8 Å². The van der Waals surface area contributed by atoms with Crippen LogP contribution in [0, 0.1) is 13.8 Å². The number of carbonyl (C=O) groups is 2. The van der Waals surface area contributed by atoms with Crippen LogP contribution in [0.5, 0.6) is 0 Å². The maximum Gasteiger partial charge on any atom is 0.264 e. The van der Waals surface area contributed by atoms with Crippen molar-refractivity contribution in [1.29, 1.82) is 0 Å². The summed E-state index contributed by atoms with van der Waals surface area (Å²) in [6.07, 6.45) is 0.937. The summed E-state index contributed by atoms with van der Waals surface area (Å²) in [6, 6.07) is 29.0. The van der Waals surface area contributed by atoms with Gasteiger partial charge in [-0.1, -0.05) is 103 Å². The Labute approximate surface area is 271 Å². The number of anilines is 1. The van der Waals surface area contributed by atoms with Crippen molar-refractivity contribution in [2.24, 2.45) is 0 Å². The number of hydrogen-bond acceptors (Lipinski definition) is 4. The van der Waals surface area contributed by atoms with Crippen molar-refractivity contribution in [3.63, 3.8) is 0 Å². The first-order chi connectivity index (χ1) is 21.5. The van der Waals surface area contributed by atoms with E-state index >= 15 is 0 Å². The van der Waals surface area contributed by atoms with Gasteiger partial charge in [0.1, 0.15) is 12.6 Å². The number of hydrogen-bond donors (Lipinski definition) is 1. The molecule has 0 saturated heterocycles. The molecule has 2 amide bonds. The lowest BCUT2D eigenvalue weighted by Crippen LogP contribution is -2.54. The van der Waals surface area contributed by atoms with Crippen molar-refractivity contribution in [3.8, 4) is 0 Å². The van der Waals surface area contributed by atoms with Crippen LogP contribution >= 0.6 is 11.6 Å². The van der Waals surface area contributed by atoms with Gasteiger partial charge in [0.15, 0.2) is 0 Å². The number of nitrogens with zero attached hydrogens (tertiary/aromatic N) is 2. The third-order valence-corrected chi connectivity index (χ3v) is 9.94. The monoisotopic (exact) mass is 645 g/mol. The summed E-state index contributed by atoms with van der Waals surface area (Å²) in [5, 5.41) is 3.49. The number of amides is 2. The van der Waals surface area contributed by atoms with E-state index in [4.69, 9.17) is 11.6 Å². The minimum absolute atomic E-state index is 0.00996. The zero-order chi connectivity index (χ0) is 32.6. The highest BCUT2D eigenvalue weighted by atomic mass is 35.5. The van der Waals surface area contributed by atoms with Gasteiger partial charge in [-0.25, -0.2) is 8.42 Å². The first kappa shape index (κ1) is 33.7. The zero-order valence-corrected chi connectivity index (χ0v) is 27.7. The highest BCUT2D eigenvalue weighted by Crippen LogP contribution is 2.29. The van der Waals surface area contributed by atoms with Crippen LogP contribution in [-0.4, -0.2) is 43.8 Å². The normalized spacial score (nSPS) is 12.6. The maximum atomic E-state index is 14.6. The van der Waals surface area contributed by atoms with Crippen LogP contribution < -0.4 is 9.62 Å². The maximum absolute atomic E-state index is 14.6.